The number of aryl methyl sites for hydroxylation is 1. The molecule has 2 N–H and O–H groups in total. The van der Waals surface area contributed by atoms with Crippen LogP contribution >= 0.6 is 0 Å². The number of halogens is 1. The van der Waals surface area contributed by atoms with Gasteiger partial charge in [0.05, 0.1) is 4.90 Å². The van der Waals surface area contributed by atoms with E-state index in [0.717, 1.165) is 17.9 Å². The van der Waals surface area contributed by atoms with E-state index in [9.17, 15) is 17.9 Å². The number of nitrogens with one attached hydrogen (secondary N) is 1. The van der Waals surface area contributed by atoms with Gasteiger partial charge in [-0.1, -0.05) is 6.07 Å². The molecule has 112 valence electrons. The van der Waals surface area contributed by atoms with Crippen LogP contribution in [0.2, 0.25) is 0 Å². The van der Waals surface area contributed by atoms with Crippen molar-refractivity contribution in [2.24, 2.45) is 0 Å². The minimum atomic E-state index is -3.28. The Morgan fingerprint density at radius 1 is 1.19 bits per heavy atom. The molecule has 0 aliphatic carbocycles. The highest BCUT2D eigenvalue weighted by atomic mass is 32.2. The second kappa shape index (κ2) is 5.73. The number of phenolic OH excluding ortho intramolecular Hbond substituents is 1. The van der Waals surface area contributed by atoms with Crippen LogP contribution in [0, 0.1) is 12.7 Å². The fourth-order valence-electron chi connectivity index (χ4n) is 1.95. The lowest BCUT2D eigenvalue weighted by molar-refractivity contribution is 0.468. The van der Waals surface area contributed by atoms with Gasteiger partial charge >= 0.3 is 0 Å². The normalized spacial score (nSPS) is 11.4. The first-order chi connectivity index (χ1) is 9.75. The molecular formula is C15H16FNO3S. The van der Waals surface area contributed by atoms with Crippen molar-refractivity contribution in [3.05, 3.63) is 53.3 Å². The molecule has 0 aromatic heterocycles. The molecule has 0 fully saturated rings. The van der Waals surface area contributed by atoms with Gasteiger partial charge in [-0.05, 0) is 42.3 Å². The molecule has 0 spiro atoms. The largest absolute Gasteiger partial charge is 0.508 e. The number of anilines is 1. The zero-order chi connectivity index (χ0) is 15.6. The molecule has 2 aromatic rings. The molecule has 0 aliphatic heterocycles. The maximum absolute atomic E-state index is 13.2. The van der Waals surface area contributed by atoms with Gasteiger partial charge in [-0.3, -0.25) is 0 Å². The van der Waals surface area contributed by atoms with Crippen LogP contribution in [-0.4, -0.2) is 19.8 Å². The quantitative estimate of drug-likeness (QED) is 0.911. The van der Waals surface area contributed by atoms with Gasteiger partial charge in [0.15, 0.2) is 9.84 Å². The van der Waals surface area contributed by atoms with Crippen molar-refractivity contribution in [3.8, 4) is 5.75 Å². The van der Waals surface area contributed by atoms with Crippen molar-refractivity contribution >= 4 is 15.5 Å². The minimum Gasteiger partial charge on any atom is -0.508 e. The van der Waals surface area contributed by atoms with Crippen LogP contribution in [0.1, 0.15) is 11.1 Å². The Bertz CT molecular complexity index is 752. The minimum absolute atomic E-state index is 0.145. The number of hydrogen-bond donors (Lipinski definition) is 2. The molecule has 21 heavy (non-hydrogen) atoms. The molecule has 4 nitrogen and oxygen atoms in total. The van der Waals surface area contributed by atoms with Crippen molar-refractivity contribution < 1.29 is 17.9 Å². The maximum Gasteiger partial charge on any atom is 0.175 e. The average molecular weight is 309 g/mol. The smallest absolute Gasteiger partial charge is 0.175 e. The average Bonchev–Trinajstić information content (AvgIpc) is 2.35. The third kappa shape index (κ3) is 3.95. The fraction of sp³-hybridized carbons (Fsp3) is 0.200. The van der Waals surface area contributed by atoms with Crippen molar-refractivity contribution in [1.29, 1.82) is 0 Å². The van der Waals surface area contributed by atoms with Crippen LogP contribution in [0.4, 0.5) is 10.1 Å². The van der Waals surface area contributed by atoms with Gasteiger partial charge in [0.2, 0.25) is 0 Å². The van der Waals surface area contributed by atoms with Crippen molar-refractivity contribution in [3.63, 3.8) is 0 Å². The summed E-state index contributed by atoms with van der Waals surface area (Å²) < 4.78 is 36.3. The van der Waals surface area contributed by atoms with E-state index >= 15 is 0 Å². The summed E-state index contributed by atoms with van der Waals surface area (Å²) in [6, 6.07) is 8.59. The molecule has 0 heterocycles. The van der Waals surface area contributed by atoms with E-state index in [4.69, 9.17) is 0 Å². The highest BCUT2D eigenvalue weighted by Gasteiger charge is 2.09. The Balaban J connectivity index is 2.23. The summed E-state index contributed by atoms with van der Waals surface area (Å²) in [5.74, 6) is -0.665. The SMILES string of the molecule is Cc1ccc(S(C)(=O)=O)cc1NCc1cc(O)cc(F)c1. The van der Waals surface area contributed by atoms with Crippen LogP contribution in [0.25, 0.3) is 0 Å². The van der Waals surface area contributed by atoms with Gasteiger partial charge in [-0.2, -0.15) is 0 Å². The van der Waals surface area contributed by atoms with E-state index in [1.165, 1.54) is 12.1 Å². The van der Waals surface area contributed by atoms with Gasteiger partial charge in [0.25, 0.3) is 0 Å². The number of rotatable bonds is 4. The molecule has 0 radical (unpaired) electrons. The monoisotopic (exact) mass is 309 g/mol. The van der Waals surface area contributed by atoms with Crippen LogP contribution in [-0.2, 0) is 16.4 Å². The molecule has 0 saturated carbocycles. The molecule has 0 atom stereocenters. The van der Waals surface area contributed by atoms with Gasteiger partial charge in [0, 0.05) is 24.6 Å². The van der Waals surface area contributed by atoms with Crippen molar-refractivity contribution in [2.45, 2.75) is 18.4 Å². The molecule has 2 rings (SSSR count). The molecule has 0 bridgehead atoms. The van der Waals surface area contributed by atoms with E-state index < -0.39 is 15.7 Å². The van der Waals surface area contributed by atoms with Crippen LogP contribution in [0.5, 0.6) is 5.75 Å². The zero-order valence-corrected chi connectivity index (χ0v) is 12.5. The number of sulfone groups is 1. The van der Waals surface area contributed by atoms with Gasteiger partial charge in [0.1, 0.15) is 11.6 Å². The summed E-state index contributed by atoms with van der Waals surface area (Å²) in [7, 11) is -3.28. The van der Waals surface area contributed by atoms with Crippen LogP contribution in [0.15, 0.2) is 41.3 Å². The summed E-state index contributed by atoms with van der Waals surface area (Å²) in [5.41, 5.74) is 2.10. The summed E-state index contributed by atoms with van der Waals surface area (Å²) >= 11 is 0. The van der Waals surface area contributed by atoms with Crippen LogP contribution in [0.3, 0.4) is 0 Å². The van der Waals surface area contributed by atoms with Gasteiger partial charge < -0.3 is 10.4 Å². The number of aromatic hydroxyl groups is 1. The second-order valence-corrected chi connectivity index (χ2v) is 6.94. The van der Waals surface area contributed by atoms with E-state index in [0.29, 0.717) is 11.3 Å². The predicted molar refractivity (Wildman–Crippen MR) is 79.7 cm³/mol. The molecule has 0 aliphatic rings. The van der Waals surface area contributed by atoms with Gasteiger partial charge in [-0.15, -0.1) is 0 Å². The van der Waals surface area contributed by atoms with Crippen LogP contribution < -0.4 is 5.32 Å². The first-order valence-electron chi connectivity index (χ1n) is 6.29. The summed E-state index contributed by atoms with van der Waals surface area (Å²) in [4.78, 5) is 0.220. The van der Waals surface area contributed by atoms with E-state index in [1.54, 1.807) is 18.2 Å². The predicted octanol–water partition coefficient (Wildman–Crippen LogP) is 2.86. The highest BCUT2D eigenvalue weighted by molar-refractivity contribution is 7.90. The third-order valence-electron chi connectivity index (χ3n) is 3.06. The topological polar surface area (TPSA) is 66.4 Å². The lowest BCUT2D eigenvalue weighted by Gasteiger charge is -2.11. The van der Waals surface area contributed by atoms with Crippen molar-refractivity contribution in [1.82, 2.24) is 0 Å². The molecule has 2 aromatic carbocycles. The molecule has 0 amide bonds. The summed E-state index contributed by atoms with van der Waals surface area (Å²) in [5, 5.41) is 12.4. The zero-order valence-electron chi connectivity index (χ0n) is 11.7. The molecule has 0 unspecified atom stereocenters. The first-order valence-corrected chi connectivity index (χ1v) is 8.18. The van der Waals surface area contributed by atoms with E-state index in [2.05, 4.69) is 5.32 Å². The van der Waals surface area contributed by atoms with E-state index in [1.807, 2.05) is 6.92 Å². The Hall–Kier alpha value is -2.08. The molecule has 6 heteroatoms. The first kappa shape index (κ1) is 15.3. The Labute approximate surface area is 123 Å². The Morgan fingerprint density at radius 3 is 2.52 bits per heavy atom. The number of benzene rings is 2. The highest BCUT2D eigenvalue weighted by Crippen LogP contribution is 2.22. The number of phenols is 1. The lowest BCUT2D eigenvalue weighted by atomic mass is 10.1. The van der Waals surface area contributed by atoms with E-state index in [-0.39, 0.29) is 17.2 Å². The standard InChI is InChI=1S/C15H16FNO3S/c1-10-3-4-14(21(2,19)20)8-15(10)17-9-11-5-12(16)7-13(18)6-11/h3-8,17-18H,9H2,1-2H3. The second-order valence-electron chi connectivity index (χ2n) is 4.92. The third-order valence-corrected chi connectivity index (χ3v) is 4.17. The summed E-state index contributed by atoms with van der Waals surface area (Å²) in [6.07, 6.45) is 1.14. The number of hydrogen-bond acceptors (Lipinski definition) is 4. The van der Waals surface area contributed by atoms with Gasteiger partial charge in [-0.25, -0.2) is 12.8 Å². The maximum atomic E-state index is 13.2. The Kier molecular flexibility index (Phi) is 4.18. The lowest BCUT2D eigenvalue weighted by Crippen LogP contribution is -2.04. The summed E-state index contributed by atoms with van der Waals surface area (Å²) in [6.45, 7) is 2.12. The van der Waals surface area contributed by atoms with Crippen molar-refractivity contribution in [2.75, 3.05) is 11.6 Å². The molecular weight excluding hydrogens is 293 g/mol. The molecule has 0 saturated heterocycles. The fourth-order valence-corrected chi connectivity index (χ4v) is 2.60. The Morgan fingerprint density at radius 2 is 1.90 bits per heavy atom.